The minimum Gasteiger partial charge on any atom is -0.396 e. The molecule has 1 N–H and O–H groups in total. The molecule has 4 unspecified atom stereocenters. The first-order valence-corrected chi connectivity index (χ1v) is 7.81. The van der Waals surface area contributed by atoms with Crippen molar-refractivity contribution < 1.29 is 5.11 Å². The van der Waals surface area contributed by atoms with Gasteiger partial charge in [-0.3, -0.25) is 0 Å². The van der Waals surface area contributed by atoms with Crippen molar-refractivity contribution in [1.29, 1.82) is 5.26 Å². The van der Waals surface area contributed by atoms with E-state index in [1.807, 2.05) is 11.8 Å². The van der Waals surface area contributed by atoms with Gasteiger partial charge in [-0.1, -0.05) is 26.7 Å². The van der Waals surface area contributed by atoms with Crippen LogP contribution in [0.5, 0.6) is 0 Å². The molecule has 0 radical (unpaired) electrons. The molecule has 0 heterocycles. The molecular formula is C14H25NOS. The van der Waals surface area contributed by atoms with Crippen molar-refractivity contribution in [2.24, 2.45) is 11.8 Å². The normalized spacial score (nSPS) is 30.8. The van der Waals surface area contributed by atoms with Crippen LogP contribution in [0.1, 0.15) is 52.4 Å². The molecule has 0 aromatic heterocycles. The molecule has 0 aromatic carbocycles. The van der Waals surface area contributed by atoms with E-state index in [9.17, 15) is 5.26 Å². The van der Waals surface area contributed by atoms with Crippen LogP contribution >= 0.6 is 11.8 Å². The highest BCUT2D eigenvalue weighted by Crippen LogP contribution is 2.40. The topological polar surface area (TPSA) is 44.0 Å². The largest absolute Gasteiger partial charge is 0.396 e. The van der Waals surface area contributed by atoms with E-state index in [0.29, 0.717) is 10.5 Å². The van der Waals surface area contributed by atoms with E-state index < -0.39 is 0 Å². The Bertz CT molecular complexity index is 249. The van der Waals surface area contributed by atoms with E-state index >= 15 is 0 Å². The maximum Gasteiger partial charge on any atom is 0.0667 e. The van der Waals surface area contributed by atoms with Crippen molar-refractivity contribution in [3.8, 4) is 6.07 Å². The smallest absolute Gasteiger partial charge is 0.0667 e. The third-order valence-electron chi connectivity index (χ3n) is 3.71. The van der Waals surface area contributed by atoms with Gasteiger partial charge in [-0.2, -0.15) is 17.0 Å². The second-order valence-electron chi connectivity index (χ2n) is 5.20. The molecule has 1 saturated carbocycles. The van der Waals surface area contributed by atoms with Crippen LogP contribution in [0.3, 0.4) is 0 Å². The molecule has 1 fully saturated rings. The minimum atomic E-state index is 0.231. The lowest BCUT2D eigenvalue weighted by Gasteiger charge is -2.33. The van der Waals surface area contributed by atoms with E-state index in [-0.39, 0.29) is 12.5 Å². The van der Waals surface area contributed by atoms with Crippen LogP contribution in [0.25, 0.3) is 0 Å². The van der Waals surface area contributed by atoms with Crippen LogP contribution in [0.4, 0.5) is 0 Å². The number of nitriles is 1. The van der Waals surface area contributed by atoms with Gasteiger partial charge >= 0.3 is 0 Å². The van der Waals surface area contributed by atoms with Gasteiger partial charge in [0.1, 0.15) is 0 Å². The Labute approximate surface area is 110 Å². The van der Waals surface area contributed by atoms with Crippen LogP contribution < -0.4 is 0 Å². The molecule has 0 bridgehead atoms. The van der Waals surface area contributed by atoms with Gasteiger partial charge in [0, 0.05) is 17.1 Å². The van der Waals surface area contributed by atoms with Gasteiger partial charge < -0.3 is 5.11 Å². The van der Waals surface area contributed by atoms with E-state index in [4.69, 9.17) is 5.11 Å². The molecule has 0 saturated heterocycles. The van der Waals surface area contributed by atoms with Gasteiger partial charge in [0.05, 0.1) is 12.0 Å². The molecule has 1 aliphatic rings. The first-order valence-electron chi connectivity index (χ1n) is 6.87. The van der Waals surface area contributed by atoms with Crippen molar-refractivity contribution >= 4 is 11.8 Å². The van der Waals surface area contributed by atoms with Crippen LogP contribution in [0, 0.1) is 23.2 Å². The van der Waals surface area contributed by atoms with Crippen molar-refractivity contribution in [1.82, 2.24) is 0 Å². The lowest BCUT2D eigenvalue weighted by Crippen LogP contribution is -2.28. The van der Waals surface area contributed by atoms with Gasteiger partial charge in [-0.25, -0.2) is 0 Å². The zero-order chi connectivity index (χ0) is 12.7. The summed E-state index contributed by atoms with van der Waals surface area (Å²) in [7, 11) is 0. The standard InChI is InChI=1S/C14H25NOS/c1-3-4-12-5-6-13(10-15)14(9-12)17-11(2)7-8-16/h11-14,16H,3-9H2,1-2H3. The first-order chi connectivity index (χ1) is 8.21. The highest BCUT2D eigenvalue weighted by molar-refractivity contribution is 8.00. The average Bonchev–Trinajstić information content (AvgIpc) is 2.30. The first kappa shape index (κ1) is 14.9. The maximum absolute atomic E-state index is 9.21. The van der Waals surface area contributed by atoms with Gasteiger partial charge in [-0.05, 0) is 31.6 Å². The number of aliphatic hydroxyl groups excluding tert-OH is 1. The van der Waals surface area contributed by atoms with Crippen LogP contribution in [-0.2, 0) is 0 Å². The minimum absolute atomic E-state index is 0.231. The highest BCUT2D eigenvalue weighted by Gasteiger charge is 2.31. The Morgan fingerprint density at radius 2 is 2.24 bits per heavy atom. The lowest BCUT2D eigenvalue weighted by molar-refractivity contribution is 0.287. The number of thioether (sulfide) groups is 1. The molecule has 0 amide bonds. The number of hydrogen-bond donors (Lipinski definition) is 1. The number of hydrogen-bond acceptors (Lipinski definition) is 3. The average molecular weight is 255 g/mol. The maximum atomic E-state index is 9.21. The number of rotatable bonds is 6. The summed E-state index contributed by atoms with van der Waals surface area (Å²) in [4.78, 5) is 0. The Hall–Kier alpha value is -0.200. The van der Waals surface area contributed by atoms with Gasteiger partial charge in [0.2, 0.25) is 0 Å². The summed E-state index contributed by atoms with van der Waals surface area (Å²) >= 11 is 1.92. The van der Waals surface area contributed by atoms with Crippen LogP contribution in [0.2, 0.25) is 0 Å². The van der Waals surface area contributed by atoms with E-state index in [1.165, 1.54) is 25.7 Å². The van der Waals surface area contributed by atoms with Crippen molar-refractivity contribution in [2.75, 3.05) is 6.61 Å². The van der Waals surface area contributed by atoms with Gasteiger partial charge in [0.15, 0.2) is 0 Å². The molecule has 2 nitrogen and oxygen atoms in total. The third kappa shape index (κ3) is 4.89. The quantitative estimate of drug-likeness (QED) is 0.788. The van der Waals surface area contributed by atoms with Crippen molar-refractivity contribution in [3.05, 3.63) is 0 Å². The molecule has 0 spiro atoms. The fraction of sp³-hybridized carbons (Fsp3) is 0.929. The summed E-state index contributed by atoms with van der Waals surface area (Å²) in [6, 6.07) is 2.48. The SMILES string of the molecule is CCCC1CCC(C#N)C(SC(C)CCO)C1. The Balaban J connectivity index is 2.48. The van der Waals surface area contributed by atoms with E-state index in [0.717, 1.165) is 18.8 Å². The lowest BCUT2D eigenvalue weighted by atomic mass is 9.80. The molecular weight excluding hydrogens is 230 g/mol. The van der Waals surface area contributed by atoms with Crippen molar-refractivity contribution in [3.63, 3.8) is 0 Å². The summed E-state index contributed by atoms with van der Waals surface area (Å²) in [5.41, 5.74) is 0. The Morgan fingerprint density at radius 1 is 1.47 bits per heavy atom. The molecule has 17 heavy (non-hydrogen) atoms. The van der Waals surface area contributed by atoms with Crippen molar-refractivity contribution in [2.45, 2.75) is 62.9 Å². The second-order valence-corrected chi connectivity index (χ2v) is 6.88. The predicted molar refractivity (Wildman–Crippen MR) is 73.9 cm³/mol. The van der Waals surface area contributed by atoms with Gasteiger partial charge in [-0.15, -0.1) is 0 Å². The molecule has 0 aromatic rings. The molecule has 0 aliphatic heterocycles. The second kappa shape index (κ2) is 8.00. The van der Waals surface area contributed by atoms with Crippen LogP contribution in [-0.4, -0.2) is 22.2 Å². The molecule has 3 heteroatoms. The molecule has 4 atom stereocenters. The summed E-state index contributed by atoms with van der Waals surface area (Å²) in [6.45, 7) is 4.67. The Kier molecular flexibility index (Phi) is 6.99. The van der Waals surface area contributed by atoms with E-state index in [2.05, 4.69) is 19.9 Å². The summed E-state index contributed by atoms with van der Waals surface area (Å²) in [6.07, 6.45) is 6.92. The molecule has 1 rings (SSSR count). The summed E-state index contributed by atoms with van der Waals surface area (Å²) in [5, 5.41) is 19.1. The monoisotopic (exact) mass is 255 g/mol. The summed E-state index contributed by atoms with van der Waals surface area (Å²) < 4.78 is 0. The zero-order valence-electron chi connectivity index (χ0n) is 11.1. The van der Waals surface area contributed by atoms with Crippen LogP contribution in [0.15, 0.2) is 0 Å². The summed E-state index contributed by atoms with van der Waals surface area (Å²) in [5.74, 6) is 1.05. The molecule has 98 valence electrons. The third-order valence-corrected chi connectivity index (χ3v) is 5.28. The van der Waals surface area contributed by atoms with E-state index in [1.54, 1.807) is 0 Å². The number of nitrogens with zero attached hydrogens (tertiary/aromatic N) is 1. The Morgan fingerprint density at radius 3 is 2.82 bits per heavy atom. The fourth-order valence-corrected chi connectivity index (χ4v) is 4.34. The van der Waals surface area contributed by atoms with Gasteiger partial charge in [0.25, 0.3) is 0 Å². The highest BCUT2D eigenvalue weighted by atomic mass is 32.2. The fourth-order valence-electron chi connectivity index (χ4n) is 2.73. The molecule has 1 aliphatic carbocycles. The predicted octanol–water partition coefficient (Wildman–Crippen LogP) is 3.60. The zero-order valence-corrected chi connectivity index (χ0v) is 11.9. The number of aliphatic hydroxyl groups is 1.